The predicted molar refractivity (Wildman–Crippen MR) is 102 cm³/mol. The summed E-state index contributed by atoms with van der Waals surface area (Å²) in [6, 6.07) is 0. The largest absolute Gasteiger partial charge is 0.726 e. The van der Waals surface area contributed by atoms with E-state index >= 15 is 0 Å². The zero-order valence-corrected chi connectivity index (χ0v) is 18.0. The number of H-pyrrole nitrogens is 1. The first-order chi connectivity index (χ1) is 13.3. The minimum absolute atomic E-state index is 0.0258. The monoisotopic (exact) mass is 422 g/mol. The quantitative estimate of drug-likeness (QED) is 0.159. The number of unbranched alkanes of at least 4 members (excludes halogenated alkanes) is 5. The third kappa shape index (κ3) is 16.7. The second-order valence-corrected chi connectivity index (χ2v) is 7.16. The molecule has 0 amide bonds. The fourth-order valence-corrected chi connectivity index (χ4v) is 2.52. The molecule has 1 N–H and O–H groups in total. The fraction of sp³-hybridized carbons (Fsp3) is 0.778. The SMILES string of the molecule is CCCCCCCCOS(=O)(=O)[O-].CCOCCOC(=O)Cc1[nH]cc[n+]1C. The minimum atomic E-state index is -4.47. The fourth-order valence-electron chi connectivity index (χ4n) is 2.20. The second-order valence-electron chi connectivity index (χ2n) is 6.11. The number of carbonyl (C=O) groups is 1. The molecule has 0 spiro atoms. The van der Waals surface area contributed by atoms with E-state index in [9.17, 15) is 17.8 Å². The molecule has 1 aromatic rings. The lowest BCUT2D eigenvalue weighted by Crippen LogP contribution is -2.32. The molecular weight excluding hydrogens is 388 g/mol. The van der Waals surface area contributed by atoms with E-state index in [1.165, 1.54) is 19.3 Å². The summed E-state index contributed by atoms with van der Waals surface area (Å²) in [5.41, 5.74) is 0. The Labute approximate surface area is 168 Å². The Balaban J connectivity index is 0.000000528. The van der Waals surface area contributed by atoms with Crippen molar-refractivity contribution in [2.75, 3.05) is 26.4 Å². The van der Waals surface area contributed by atoms with Crippen LogP contribution in [-0.2, 0) is 42.3 Å². The van der Waals surface area contributed by atoms with Gasteiger partial charge in [0.2, 0.25) is 10.4 Å². The van der Waals surface area contributed by atoms with E-state index in [1.807, 2.05) is 24.7 Å². The van der Waals surface area contributed by atoms with Gasteiger partial charge in [0.1, 0.15) is 25.4 Å². The molecule has 0 bridgehead atoms. The van der Waals surface area contributed by atoms with Crippen LogP contribution in [0, 0.1) is 0 Å². The highest BCUT2D eigenvalue weighted by Gasteiger charge is 2.13. The van der Waals surface area contributed by atoms with Crippen LogP contribution in [0.25, 0.3) is 0 Å². The molecule has 0 aromatic carbocycles. The van der Waals surface area contributed by atoms with Crippen molar-refractivity contribution in [2.24, 2.45) is 7.05 Å². The molecule has 0 unspecified atom stereocenters. The minimum Gasteiger partial charge on any atom is -0.726 e. The normalized spacial score (nSPS) is 11.0. The van der Waals surface area contributed by atoms with Crippen LogP contribution in [0.3, 0.4) is 0 Å². The lowest BCUT2D eigenvalue weighted by Gasteiger charge is -2.06. The Kier molecular flexibility index (Phi) is 15.6. The Morgan fingerprint density at radius 1 is 1.11 bits per heavy atom. The van der Waals surface area contributed by atoms with E-state index in [4.69, 9.17) is 9.47 Å². The molecule has 0 saturated heterocycles. The van der Waals surface area contributed by atoms with Gasteiger partial charge in [0.15, 0.2) is 0 Å². The van der Waals surface area contributed by atoms with Gasteiger partial charge in [-0.1, -0.05) is 39.0 Å². The van der Waals surface area contributed by atoms with Gasteiger partial charge < -0.3 is 14.0 Å². The number of carbonyl (C=O) groups excluding carboxylic acids is 1. The van der Waals surface area contributed by atoms with Crippen LogP contribution in [0.4, 0.5) is 0 Å². The smallest absolute Gasteiger partial charge is 0.318 e. The molecule has 0 atom stereocenters. The van der Waals surface area contributed by atoms with Gasteiger partial charge in [-0.15, -0.1) is 0 Å². The van der Waals surface area contributed by atoms with Crippen LogP contribution in [0.2, 0.25) is 0 Å². The van der Waals surface area contributed by atoms with Crippen molar-refractivity contribution in [3.63, 3.8) is 0 Å². The third-order valence-electron chi connectivity index (χ3n) is 3.71. The second kappa shape index (κ2) is 16.5. The maximum absolute atomic E-state index is 11.3. The highest BCUT2D eigenvalue weighted by Crippen LogP contribution is 2.05. The topological polar surface area (TPSA) is 122 Å². The van der Waals surface area contributed by atoms with Gasteiger partial charge in [-0.25, -0.2) is 18.0 Å². The Morgan fingerprint density at radius 2 is 1.79 bits per heavy atom. The van der Waals surface area contributed by atoms with Gasteiger partial charge in [-0.3, -0.25) is 8.98 Å². The number of ether oxygens (including phenoxy) is 2. The number of aromatic amines is 1. The maximum Gasteiger partial charge on any atom is 0.318 e. The summed E-state index contributed by atoms with van der Waals surface area (Å²) in [5, 5.41) is 0. The molecule has 28 heavy (non-hydrogen) atoms. The lowest BCUT2D eigenvalue weighted by atomic mass is 10.1. The van der Waals surface area contributed by atoms with Gasteiger partial charge in [0.05, 0.1) is 20.3 Å². The molecule has 0 aliphatic rings. The van der Waals surface area contributed by atoms with Gasteiger partial charge >= 0.3 is 5.97 Å². The number of hydrogen-bond donors (Lipinski definition) is 1. The van der Waals surface area contributed by atoms with E-state index < -0.39 is 10.4 Å². The summed E-state index contributed by atoms with van der Waals surface area (Å²) in [7, 11) is -2.60. The number of aryl methyl sites for hydroxylation is 1. The van der Waals surface area contributed by atoms with Gasteiger partial charge in [-0.2, -0.15) is 0 Å². The number of nitrogens with one attached hydrogen (secondary N) is 1. The third-order valence-corrected chi connectivity index (χ3v) is 4.16. The highest BCUT2D eigenvalue weighted by atomic mass is 32.3. The van der Waals surface area contributed by atoms with Gasteiger partial charge in [0.25, 0.3) is 5.82 Å². The van der Waals surface area contributed by atoms with Crippen LogP contribution in [0.1, 0.15) is 58.2 Å². The van der Waals surface area contributed by atoms with Crippen LogP contribution >= 0.6 is 0 Å². The molecule has 1 aromatic heterocycles. The molecule has 164 valence electrons. The summed E-state index contributed by atoms with van der Waals surface area (Å²) in [4.78, 5) is 14.3. The number of rotatable bonds is 14. The van der Waals surface area contributed by atoms with Crippen molar-refractivity contribution < 1.29 is 36.0 Å². The van der Waals surface area contributed by atoms with Crippen molar-refractivity contribution in [1.29, 1.82) is 0 Å². The molecule has 1 heterocycles. The molecule has 0 aliphatic carbocycles. The van der Waals surface area contributed by atoms with Crippen molar-refractivity contribution in [3.05, 3.63) is 18.2 Å². The first kappa shape index (κ1) is 26.5. The van der Waals surface area contributed by atoms with E-state index in [0.29, 0.717) is 26.2 Å². The standard InChI is InChI=1S/C10H16N2O3.C8H18O4S/c1-3-14-6-7-15-10(13)8-9-11-4-5-12(9)2;1-2-3-4-5-6-7-8-12-13(9,10)11/h4-5H,3,6-8H2,1-2H3;2-8H2,1H3,(H,9,10,11). The molecule has 1 rings (SSSR count). The molecule has 0 radical (unpaired) electrons. The van der Waals surface area contributed by atoms with Crippen molar-refractivity contribution in [2.45, 2.75) is 58.8 Å². The van der Waals surface area contributed by atoms with E-state index in [1.54, 1.807) is 6.20 Å². The Hall–Kier alpha value is -1.49. The van der Waals surface area contributed by atoms with Crippen molar-refractivity contribution in [3.8, 4) is 0 Å². The van der Waals surface area contributed by atoms with Crippen LogP contribution in [0.15, 0.2) is 12.4 Å². The van der Waals surface area contributed by atoms with E-state index in [-0.39, 0.29) is 19.0 Å². The van der Waals surface area contributed by atoms with Crippen LogP contribution in [0.5, 0.6) is 0 Å². The summed E-state index contributed by atoms with van der Waals surface area (Å²) >= 11 is 0. The summed E-state index contributed by atoms with van der Waals surface area (Å²) < 4.78 is 45.9. The molecular formula is C18H34N2O7S. The first-order valence-corrected chi connectivity index (χ1v) is 11.0. The number of nitrogens with zero attached hydrogens (tertiary/aromatic N) is 1. The summed E-state index contributed by atoms with van der Waals surface area (Å²) in [6.07, 6.45) is 10.1. The predicted octanol–water partition coefficient (Wildman–Crippen LogP) is 1.79. The molecule has 9 nitrogen and oxygen atoms in total. The molecule has 0 saturated carbocycles. The maximum atomic E-state index is 11.3. The molecule has 0 aliphatic heterocycles. The Morgan fingerprint density at radius 3 is 2.36 bits per heavy atom. The number of aromatic nitrogens is 2. The number of esters is 1. The van der Waals surface area contributed by atoms with Crippen LogP contribution in [-0.4, -0.2) is 50.4 Å². The zero-order chi connectivity index (χ0) is 21.3. The average Bonchev–Trinajstić information content (AvgIpc) is 3.02. The van der Waals surface area contributed by atoms with Crippen molar-refractivity contribution >= 4 is 16.4 Å². The first-order valence-electron chi connectivity index (χ1n) is 9.65. The number of hydrogen-bond acceptors (Lipinski definition) is 7. The van der Waals surface area contributed by atoms with E-state index in [0.717, 1.165) is 18.7 Å². The summed E-state index contributed by atoms with van der Waals surface area (Å²) in [6.45, 7) is 5.48. The summed E-state index contributed by atoms with van der Waals surface area (Å²) in [5.74, 6) is 0.587. The van der Waals surface area contributed by atoms with Gasteiger partial charge in [0, 0.05) is 6.61 Å². The highest BCUT2D eigenvalue weighted by molar-refractivity contribution is 7.80. The van der Waals surface area contributed by atoms with Crippen molar-refractivity contribution in [1.82, 2.24) is 4.98 Å². The Bertz CT molecular complexity index is 617. The van der Waals surface area contributed by atoms with Crippen LogP contribution < -0.4 is 4.57 Å². The average molecular weight is 423 g/mol. The number of imidazole rings is 1. The molecule has 10 heteroatoms. The van der Waals surface area contributed by atoms with Gasteiger partial charge in [-0.05, 0) is 13.3 Å². The molecule has 0 fully saturated rings. The lowest BCUT2D eigenvalue weighted by molar-refractivity contribution is -0.677. The zero-order valence-electron chi connectivity index (χ0n) is 17.1. The van der Waals surface area contributed by atoms with E-state index in [2.05, 4.69) is 16.1 Å².